The highest BCUT2D eigenvalue weighted by Crippen LogP contribution is 2.25. The molecule has 0 amide bonds. The Morgan fingerprint density at radius 3 is 2.74 bits per heavy atom. The molecule has 0 bridgehead atoms. The van der Waals surface area contributed by atoms with E-state index in [1.807, 2.05) is 13.0 Å². The van der Waals surface area contributed by atoms with Crippen LogP contribution in [0.4, 0.5) is 0 Å². The maximum atomic E-state index is 10.4. The van der Waals surface area contributed by atoms with Crippen LogP contribution >= 0.6 is 0 Å². The predicted molar refractivity (Wildman–Crippen MR) is 77.3 cm³/mol. The molecule has 0 unspecified atom stereocenters. The lowest BCUT2D eigenvalue weighted by Crippen LogP contribution is -2.46. The second-order valence-electron chi connectivity index (χ2n) is 5.51. The van der Waals surface area contributed by atoms with E-state index in [4.69, 9.17) is 4.74 Å². The Balaban J connectivity index is 1.84. The summed E-state index contributed by atoms with van der Waals surface area (Å²) in [6.45, 7) is 6.32. The summed E-state index contributed by atoms with van der Waals surface area (Å²) in [5, 5.41) is 13.8. The molecule has 3 heteroatoms. The van der Waals surface area contributed by atoms with E-state index in [0.29, 0.717) is 19.1 Å². The van der Waals surface area contributed by atoms with E-state index >= 15 is 0 Å². The first-order chi connectivity index (χ1) is 9.15. The highest BCUT2D eigenvalue weighted by molar-refractivity contribution is 5.19. The lowest BCUT2D eigenvalue weighted by Gasteiger charge is -2.27. The fourth-order valence-corrected chi connectivity index (χ4v) is 2.69. The molecule has 1 aliphatic heterocycles. The van der Waals surface area contributed by atoms with Crippen LogP contribution in [-0.4, -0.2) is 36.5 Å². The maximum absolute atomic E-state index is 10.4. The molecule has 2 rings (SSSR count). The first-order valence-corrected chi connectivity index (χ1v) is 7.25. The molecule has 1 aromatic carbocycles. The maximum Gasteiger partial charge on any atom is 0.105 e. The van der Waals surface area contributed by atoms with Crippen molar-refractivity contribution in [2.24, 2.45) is 0 Å². The van der Waals surface area contributed by atoms with Crippen molar-refractivity contribution in [3.05, 3.63) is 35.9 Å². The van der Waals surface area contributed by atoms with Gasteiger partial charge in [0.1, 0.15) is 5.60 Å². The van der Waals surface area contributed by atoms with Crippen molar-refractivity contribution < 1.29 is 9.84 Å². The number of benzene rings is 1. The second-order valence-corrected chi connectivity index (χ2v) is 5.51. The van der Waals surface area contributed by atoms with Crippen molar-refractivity contribution in [3.8, 4) is 0 Å². The molecule has 0 spiro atoms. The molecule has 3 nitrogen and oxygen atoms in total. The van der Waals surface area contributed by atoms with Crippen LogP contribution in [0, 0.1) is 0 Å². The minimum Gasteiger partial charge on any atom is -0.386 e. The summed E-state index contributed by atoms with van der Waals surface area (Å²) in [5.74, 6) is 0.502. The van der Waals surface area contributed by atoms with Crippen molar-refractivity contribution in [3.63, 3.8) is 0 Å². The number of hydrogen-bond donors (Lipinski definition) is 2. The zero-order valence-corrected chi connectivity index (χ0v) is 11.9. The minimum absolute atomic E-state index is 0.0724. The quantitative estimate of drug-likeness (QED) is 0.827. The summed E-state index contributed by atoms with van der Waals surface area (Å²) >= 11 is 0. The Hall–Kier alpha value is -0.900. The first-order valence-electron chi connectivity index (χ1n) is 7.25. The Labute approximate surface area is 116 Å². The Bertz CT molecular complexity index is 382. The molecular formula is C16H25NO2. The molecule has 0 aromatic heterocycles. The zero-order chi connectivity index (χ0) is 13.7. The van der Waals surface area contributed by atoms with Gasteiger partial charge in [-0.3, -0.25) is 0 Å². The van der Waals surface area contributed by atoms with Gasteiger partial charge in [0.15, 0.2) is 0 Å². The van der Waals surface area contributed by atoms with Crippen LogP contribution in [0.1, 0.15) is 38.2 Å². The Morgan fingerprint density at radius 2 is 2.16 bits per heavy atom. The van der Waals surface area contributed by atoms with E-state index in [9.17, 15) is 5.11 Å². The summed E-state index contributed by atoms with van der Waals surface area (Å²) in [5.41, 5.74) is 0.662. The normalized spacial score (nSPS) is 28.5. The number of nitrogens with one attached hydrogen (secondary N) is 1. The van der Waals surface area contributed by atoms with Crippen molar-refractivity contribution in [2.75, 3.05) is 19.7 Å². The number of rotatable bonds is 6. The minimum atomic E-state index is -0.699. The topological polar surface area (TPSA) is 41.5 Å². The van der Waals surface area contributed by atoms with E-state index in [-0.39, 0.29) is 6.10 Å². The number of hydrogen-bond acceptors (Lipinski definition) is 3. The van der Waals surface area contributed by atoms with Gasteiger partial charge in [0.05, 0.1) is 6.10 Å². The second kappa shape index (κ2) is 6.51. The van der Waals surface area contributed by atoms with Crippen LogP contribution in [0.25, 0.3) is 0 Å². The zero-order valence-electron chi connectivity index (χ0n) is 11.9. The third-order valence-electron chi connectivity index (χ3n) is 4.25. The molecule has 1 aliphatic rings. The molecule has 1 aromatic rings. The summed E-state index contributed by atoms with van der Waals surface area (Å²) in [6, 6.07) is 10.6. The molecule has 106 valence electrons. The predicted octanol–water partition coefficient (Wildman–Crippen LogP) is 2.31. The van der Waals surface area contributed by atoms with Crippen LogP contribution in [-0.2, 0) is 4.74 Å². The van der Waals surface area contributed by atoms with Crippen LogP contribution in [0.2, 0.25) is 0 Å². The first kappa shape index (κ1) is 14.5. The van der Waals surface area contributed by atoms with Gasteiger partial charge in [0.25, 0.3) is 0 Å². The van der Waals surface area contributed by atoms with E-state index in [2.05, 4.69) is 36.5 Å². The molecule has 1 heterocycles. The van der Waals surface area contributed by atoms with Gasteiger partial charge < -0.3 is 15.2 Å². The fourth-order valence-electron chi connectivity index (χ4n) is 2.69. The van der Waals surface area contributed by atoms with Crippen LogP contribution in [0.3, 0.4) is 0 Å². The average molecular weight is 263 g/mol. The molecule has 0 aliphatic carbocycles. The SMILES string of the molecule is CC[C@H](CNC[C@]1(O)CCO[C@H]1C)c1ccccc1. The highest BCUT2D eigenvalue weighted by atomic mass is 16.5. The fraction of sp³-hybridized carbons (Fsp3) is 0.625. The third kappa shape index (κ3) is 3.56. The highest BCUT2D eigenvalue weighted by Gasteiger charge is 2.39. The van der Waals surface area contributed by atoms with Gasteiger partial charge in [0.2, 0.25) is 0 Å². The van der Waals surface area contributed by atoms with Gasteiger partial charge in [-0.15, -0.1) is 0 Å². The molecule has 1 saturated heterocycles. The van der Waals surface area contributed by atoms with Crippen molar-refractivity contribution >= 4 is 0 Å². The van der Waals surface area contributed by atoms with E-state index < -0.39 is 5.60 Å². The van der Waals surface area contributed by atoms with Gasteiger partial charge in [-0.1, -0.05) is 37.3 Å². The largest absolute Gasteiger partial charge is 0.386 e. The van der Waals surface area contributed by atoms with Gasteiger partial charge in [-0.25, -0.2) is 0 Å². The summed E-state index contributed by atoms with van der Waals surface area (Å²) in [4.78, 5) is 0. The summed E-state index contributed by atoms with van der Waals surface area (Å²) in [7, 11) is 0. The van der Waals surface area contributed by atoms with E-state index in [1.165, 1.54) is 5.56 Å². The molecule has 3 atom stereocenters. The lowest BCUT2D eigenvalue weighted by molar-refractivity contribution is -0.0261. The van der Waals surface area contributed by atoms with Crippen molar-refractivity contribution in [1.82, 2.24) is 5.32 Å². The summed E-state index contributed by atoms with van der Waals surface area (Å²) < 4.78 is 5.45. The molecule has 0 saturated carbocycles. The third-order valence-corrected chi connectivity index (χ3v) is 4.25. The lowest BCUT2D eigenvalue weighted by atomic mass is 9.94. The van der Waals surface area contributed by atoms with Gasteiger partial charge in [-0.2, -0.15) is 0 Å². The molecule has 0 radical (unpaired) electrons. The van der Waals surface area contributed by atoms with Crippen LogP contribution < -0.4 is 5.32 Å². The summed E-state index contributed by atoms with van der Waals surface area (Å²) in [6.07, 6.45) is 1.75. The Morgan fingerprint density at radius 1 is 1.42 bits per heavy atom. The Kier molecular flexibility index (Phi) is 4.97. The van der Waals surface area contributed by atoms with Crippen LogP contribution in [0.15, 0.2) is 30.3 Å². The standard InChI is InChI=1S/C16H25NO2/c1-3-14(15-7-5-4-6-8-15)11-17-12-16(18)9-10-19-13(16)2/h4-8,13-14,17-18H,3,9-12H2,1-2H3/t13-,14+,16+/m0/s1. The molecule has 2 N–H and O–H groups in total. The van der Waals surface area contributed by atoms with Gasteiger partial charge in [-0.05, 0) is 24.8 Å². The monoisotopic (exact) mass is 263 g/mol. The van der Waals surface area contributed by atoms with Gasteiger partial charge in [0, 0.05) is 26.1 Å². The number of ether oxygens (including phenoxy) is 1. The molecule has 1 fully saturated rings. The van der Waals surface area contributed by atoms with Crippen molar-refractivity contribution in [1.29, 1.82) is 0 Å². The van der Waals surface area contributed by atoms with Crippen LogP contribution in [0.5, 0.6) is 0 Å². The average Bonchev–Trinajstić information content (AvgIpc) is 2.76. The molecular weight excluding hydrogens is 238 g/mol. The van der Waals surface area contributed by atoms with E-state index in [0.717, 1.165) is 19.4 Å². The van der Waals surface area contributed by atoms with E-state index in [1.54, 1.807) is 0 Å². The molecule has 19 heavy (non-hydrogen) atoms. The van der Waals surface area contributed by atoms with Gasteiger partial charge >= 0.3 is 0 Å². The smallest absolute Gasteiger partial charge is 0.105 e. The number of aliphatic hydroxyl groups is 1. The van der Waals surface area contributed by atoms with Crippen molar-refractivity contribution in [2.45, 2.75) is 44.3 Å².